The molecule has 0 saturated carbocycles. The van der Waals surface area contributed by atoms with E-state index in [-0.39, 0.29) is 12.3 Å². The lowest BCUT2D eigenvalue weighted by Gasteiger charge is -2.01. The molecule has 1 N–H and O–H groups in total. The maximum Gasteiger partial charge on any atom is 0.234 e. The minimum atomic E-state index is -0.155. The van der Waals surface area contributed by atoms with Crippen molar-refractivity contribution in [3.05, 3.63) is 0 Å². The summed E-state index contributed by atoms with van der Waals surface area (Å²) in [6.07, 6.45) is 5.92. The molecular weight excluding hydrogens is 164 g/mol. The lowest BCUT2D eigenvalue weighted by molar-refractivity contribution is -0.120. The van der Waals surface area contributed by atoms with Gasteiger partial charge >= 0.3 is 0 Å². The Labute approximate surface area is 80.1 Å². The number of carbonyl (C=O) groups excluding carboxylic acids is 1. The van der Waals surface area contributed by atoms with E-state index in [1.165, 1.54) is 25.7 Å². The first-order valence-electron chi connectivity index (χ1n) is 4.95. The molecule has 74 valence electrons. The number of hydrogen-bond donors (Lipinski definition) is 1. The number of unbranched alkanes of at least 4 members (excludes halogenated alkanes) is 4. The van der Waals surface area contributed by atoms with Crippen LogP contribution in [0.5, 0.6) is 0 Å². The summed E-state index contributed by atoms with van der Waals surface area (Å²) in [4.78, 5) is 10.8. The molecule has 0 spiro atoms. The summed E-state index contributed by atoms with van der Waals surface area (Å²) in [6, 6.07) is 1.82. The molecule has 0 unspecified atom stereocenters. The van der Waals surface area contributed by atoms with Crippen LogP contribution in [0.3, 0.4) is 0 Å². The van der Waals surface area contributed by atoms with Crippen molar-refractivity contribution >= 4 is 5.91 Å². The summed E-state index contributed by atoms with van der Waals surface area (Å²) in [5.74, 6) is -0.155. The van der Waals surface area contributed by atoms with Crippen LogP contribution < -0.4 is 5.32 Å². The minimum Gasteiger partial charge on any atom is -0.355 e. The largest absolute Gasteiger partial charge is 0.355 e. The zero-order valence-electron chi connectivity index (χ0n) is 8.31. The van der Waals surface area contributed by atoms with Gasteiger partial charge in [-0.25, -0.2) is 0 Å². The fourth-order valence-corrected chi connectivity index (χ4v) is 1.09. The van der Waals surface area contributed by atoms with Gasteiger partial charge in [0.05, 0.1) is 6.07 Å². The molecule has 0 atom stereocenters. The van der Waals surface area contributed by atoms with Gasteiger partial charge in [0.15, 0.2) is 0 Å². The molecule has 0 aliphatic rings. The van der Waals surface area contributed by atoms with E-state index in [0.717, 1.165) is 6.42 Å². The van der Waals surface area contributed by atoms with Gasteiger partial charge in [0.25, 0.3) is 0 Å². The number of hydrogen-bond acceptors (Lipinski definition) is 2. The van der Waals surface area contributed by atoms with Crippen LogP contribution in [0, 0.1) is 11.3 Å². The molecule has 0 fully saturated rings. The second kappa shape index (κ2) is 9.05. The van der Waals surface area contributed by atoms with Crippen LogP contribution in [-0.2, 0) is 4.79 Å². The molecule has 3 nitrogen and oxygen atoms in total. The van der Waals surface area contributed by atoms with Gasteiger partial charge in [0.2, 0.25) is 5.91 Å². The van der Waals surface area contributed by atoms with Crippen LogP contribution in [0.25, 0.3) is 0 Å². The van der Waals surface area contributed by atoms with Gasteiger partial charge in [-0.1, -0.05) is 32.6 Å². The summed E-state index contributed by atoms with van der Waals surface area (Å²) in [5, 5.41) is 10.9. The minimum absolute atomic E-state index is 0.0189. The molecule has 0 rings (SSSR count). The Morgan fingerprint density at radius 1 is 1.31 bits per heavy atom. The van der Waals surface area contributed by atoms with Crippen LogP contribution in [0.4, 0.5) is 0 Å². The summed E-state index contributed by atoms with van der Waals surface area (Å²) in [7, 11) is 0. The van der Waals surface area contributed by atoms with E-state index in [0.29, 0.717) is 6.54 Å². The van der Waals surface area contributed by atoms with Crippen LogP contribution in [-0.4, -0.2) is 12.5 Å². The Morgan fingerprint density at radius 3 is 2.62 bits per heavy atom. The van der Waals surface area contributed by atoms with Crippen molar-refractivity contribution in [3.63, 3.8) is 0 Å². The highest BCUT2D eigenvalue weighted by molar-refractivity contribution is 5.77. The fourth-order valence-electron chi connectivity index (χ4n) is 1.09. The highest BCUT2D eigenvalue weighted by Crippen LogP contribution is 2.00. The predicted molar refractivity (Wildman–Crippen MR) is 52.0 cm³/mol. The molecule has 0 aliphatic heterocycles. The van der Waals surface area contributed by atoms with Gasteiger partial charge in [-0.2, -0.15) is 5.26 Å². The van der Waals surface area contributed by atoms with Crippen molar-refractivity contribution in [2.24, 2.45) is 0 Å². The van der Waals surface area contributed by atoms with Crippen LogP contribution >= 0.6 is 0 Å². The molecule has 0 aromatic carbocycles. The Bertz CT molecular complexity index is 172. The van der Waals surface area contributed by atoms with Crippen molar-refractivity contribution < 1.29 is 4.79 Å². The van der Waals surface area contributed by atoms with Gasteiger partial charge in [-0.3, -0.25) is 4.79 Å². The quantitative estimate of drug-likeness (QED) is 0.612. The lowest BCUT2D eigenvalue weighted by atomic mass is 10.1. The molecule has 0 aromatic rings. The fraction of sp³-hybridized carbons (Fsp3) is 0.800. The maximum absolute atomic E-state index is 10.8. The molecule has 0 bridgehead atoms. The van der Waals surface area contributed by atoms with Crippen molar-refractivity contribution in [1.82, 2.24) is 5.32 Å². The van der Waals surface area contributed by atoms with Crippen LogP contribution in [0.15, 0.2) is 0 Å². The van der Waals surface area contributed by atoms with Crippen molar-refractivity contribution in [2.75, 3.05) is 6.54 Å². The lowest BCUT2D eigenvalue weighted by Crippen LogP contribution is -2.23. The normalized spacial score (nSPS) is 9.23. The Morgan fingerprint density at radius 2 is 2.00 bits per heavy atom. The predicted octanol–water partition coefficient (Wildman–Crippen LogP) is 1.99. The van der Waals surface area contributed by atoms with Crippen molar-refractivity contribution in [3.8, 4) is 6.07 Å². The molecule has 0 saturated heterocycles. The highest BCUT2D eigenvalue weighted by Gasteiger charge is 1.97. The molecule has 0 aromatic heterocycles. The number of nitriles is 1. The first-order valence-corrected chi connectivity index (χ1v) is 4.95. The van der Waals surface area contributed by atoms with Crippen molar-refractivity contribution in [1.29, 1.82) is 5.26 Å². The van der Waals surface area contributed by atoms with E-state index in [9.17, 15) is 4.79 Å². The third-order valence-electron chi connectivity index (χ3n) is 1.84. The Balaban J connectivity index is 3.08. The van der Waals surface area contributed by atoms with Gasteiger partial charge in [-0.05, 0) is 6.42 Å². The highest BCUT2D eigenvalue weighted by atomic mass is 16.1. The second-order valence-corrected chi connectivity index (χ2v) is 3.10. The molecule has 0 radical (unpaired) electrons. The van der Waals surface area contributed by atoms with Crippen LogP contribution in [0.2, 0.25) is 0 Å². The third-order valence-corrected chi connectivity index (χ3v) is 1.84. The van der Waals surface area contributed by atoms with Gasteiger partial charge in [0.1, 0.15) is 6.42 Å². The van der Waals surface area contributed by atoms with Gasteiger partial charge < -0.3 is 5.32 Å². The molecular formula is C10H18N2O. The van der Waals surface area contributed by atoms with E-state index in [1.807, 2.05) is 6.07 Å². The number of carbonyl (C=O) groups is 1. The summed E-state index contributed by atoms with van der Waals surface area (Å²) in [5.41, 5.74) is 0. The Hall–Kier alpha value is -1.04. The molecule has 1 amide bonds. The first kappa shape index (κ1) is 12.0. The van der Waals surface area contributed by atoms with Gasteiger partial charge in [0, 0.05) is 6.54 Å². The zero-order chi connectivity index (χ0) is 9.94. The van der Waals surface area contributed by atoms with E-state index in [2.05, 4.69) is 12.2 Å². The maximum atomic E-state index is 10.8. The standard InChI is InChI=1S/C10H18N2O/c1-2-3-4-5-6-9-12-10(13)7-8-11/h2-7,9H2,1H3,(H,12,13). The topological polar surface area (TPSA) is 52.9 Å². The van der Waals surface area contributed by atoms with Crippen molar-refractivity contribution in [2.45, 2.75) is 45.4 Å². The molecule has 3 heteroatoms. The van der Waals surface area contributed by atoms with E-state index in [4.69, 9.17) is 5.26 Å². The number of rotatable bonds is 7. The van der Waals surface area contributed by atoms with E-state index < -0.39 is 0 Å². The average molecular weight is 182 g/mol. The summed E-state index contributed by atoms with van der Waals surface area (Å²) in [6.45, 7) is 2.89. The van der Waals surface area contributed by atoms with E-state index >= 15 is 0 Å². The smallest absolute Gasteiger partial charge is 0.234 e. The summed E-state index contributed by atoms with van der Waals surface area (Å²) < 4.78 is 0. The van der Waals surface area contributed by atoms with Gasteiger partial charge in [-0.15, -0.1) is 0 Å². The SMILES string of the molecule is CCCCCCCNC(=O)CC#N. The third kappa shape index (κ3) is 8.87. The molecule has 0 aliphatic carbocycles. The molecule has 13 heavy (non-hydrogen) atoms. The number of amides is 1. The van der Waals surface area contributed by atoms with Crippen LogP contribution in [0.1, 0.15) is 45.4 Å². The average Bonchev–Trinajstić information content (AvgIpc) is 2.11. The number of nitrogens with zero attached hydrogens (tertiary/aromatic N) is 1. The second-order valence-electron chi connectivity index (χ2n) is 3.10. The Kier molecular flexibility index (Phi) is 8.33. The first-order chi connectivity index (χ1) is 6.31. The monoisotopic (exact) mass is 182 g/mol. The zero-order valence-corrected chi connectivity index (χ0v) is 8.31. The van der Waals surface area contributed by atoms with E-state index in [1.54, 1.807) is 0 Å². The molecule has 0 heterocycles. The summed E-state index contributed by atoms with van der Waals surface area (Å²) >= 11 is 0. The number of nitrogens with one attached hydrogen (secondary N) is 1.